The number of hydrogen-bond acceptors (Lipinski definition) is 1. The van der Waals surface area contributed by atoms with Crippen molar-refractivity contribution in [2.24, 2.45) is 0 Å². The summed E-state index contributed by atoms with van der Waals surface area (Å²) < 4.78 is 13.3. The molecule has 1 aliphatic rings. The molecule has 0 saturated heterocycles. The zero-order chi connectivity index (χ0) is 14.8. The molecule has 110 valence electrons. The van der Waals surface area contributed by atoms with Crippen LogP contribution < -0.4 is 5.32 Å². The molecule has 1 nitrogen and oxygen atoms in total. The van der Waals surface area contributed by atoms with Crippen molar-refractivity contribution in [1.29, 1.82) is 0 Å². The van der Waals surface area contributed by atoms with E-state index < -0.39 is 0 Å². The molecule has 1 aliphatic carbocycles. The van der Waals surface area contributed by atoms with Crippen LogP contribution in [0, 0.1) is 5.82 Å². The summed E-state index contributed by atoms with van der Waals surface area (Å²) in [7, 11) is 2.00. The predicted octanol–water partition coefficient (Wildman–Crippen LogP) is 4.34. The molecule has 2 unspecified atom stereocenters. The van der Waals surface area contributed by atoms with E-state index in [-0.39, 0.29) is 10.8 Å². The molecule has 0 aromatic heterocycles. The summed E-state index contributed by atoms with van der Waals surface area (Å²) in [5, 5.41) is 3.63. The molecule has 3 rings (SSSR count). The van der Waals surface area contributed by atoms with Gasteiger partial charge in [-0.05, 0) is 55.1 Å². The SMILES string of the molecule is CNC(Cc1ccc(F)c(Cl)c1)C1CCc2ccccc21. The Bertz CT molecular complexity index is 641. The summed E-state index contributed by atoms with van der Waals surface area (Å²) in [6.07, 6.45) is 3.17. The van der Waals surface area contributed by atoms with Crippen molar-refractivity contribution in [1.82, 2.24) is 5.32 Å². The van der Waals surface area contributed by atoms with Crippen molar-refractivity contribution in [3.8, 4) is 0 Å². The number of halogens is 2. The van der Waals surface area contributed by atoms with Gasteiger partial charge >= 0.3 is 0 Å². The Morgan fingerprint density at radius 2 is 2.10 bits per heavy atom. The van der Waals surface area contributed by atoms with Gasteiger partial charge in [-0.3, -0.25) is 0 Å². The number of rotatable bonds is 4. The van der Waals surface area contributed by atoms with Crippen LogP contribution in [0.2, 0.25) is 5.02 Å². The number of hydrogen-bond donors (Lipinski definition) is 1. The molecule has 0 radical (unpaired) electrons. The highest BCUT2D eigenvalue weighted by Crippen LogP contribution is 2.36. The first-order valence-corrected chi connectivity index (χ1v) is 7.76. The number of aryl methyl sites for hydroxylation is 1. The fourth-order valence-electron chi connectivity index (χ4n) is 3.37. The van der Waals surface area contributed by atoms with Crippen molar-refractivity contribution in [3.63, 3.8) is 0 Å². The van der Waals surface area contributed by atoms with Crippen molar-refractivity contribution < 1.29 is 4.39 Å². The summed E-state index contributed by atoms with van der Waals surface area (Å²) in [5.74, 6) is 0.155. The molecule has 2 aromatic rings. The zero-order valence-corrected chi connectivity index (χ0v) is 12.8. The first-order chi connectivity index (χ1) is 10.2. The second kappa shape index (κ2) is 6.17. The number of nitrogens with one attached hydrogen (secondary N) is 1. The minimum Gasteiger partial charge on any atom is -0.316 e. The van der Waals surface area contributed by atoms with Gasteiger partial charge in [-0.25, -0.2) is 4.39 Å². The van der Waals surface area contributed by atoms with Crippen LogP contribution in [0.5, 0.6) is 0 Å². The van der Waals surface area contributed by atoms with Gasteiger partial charge < -0.3 is 5.32 Å². The monoisotopic (exact) mass is 303 g/mol. The Kier molecular flexibility index (Phi) is 4.27. The Labute approximate surface area is 130 Å². The van der Waals surface area contributed by atoms with Gasteiger partial charge in [0.25, 0.3) is 0 Å². The second-order valence-corrected chi connectivity index (χ2v) is 6.10. The smallest absolute Gasteiger partial charge is 0.141 e. The lowest BCUT2D eigenvalue weighted by atomic mass is 9.89. The lowest BCUT2D eigenvalue weighted by Gasteiger charge is -2.24. The van der Waals surface area contributed by atoms with E-state index in [2.05, 4.69) is 29.6 Å². The highest BCUT2D eigenvalue weighted by Gasteiger charge is 2.28. The van der Waals surface area contributed by atoms with E-state index in [1.54, 1.807) is 6.07 Å². The maximum absolute atomic E-state index is 13.3. The minimum atomic E-state index is -0.354. The summed E-state index contributed by atoms with van der Waals surface area (Å²) >= 11 is 5.89. The van der Waals surface area contributed by atoms with E-state index in [1.165, 1.54) is 23.6 Å². The van der Waals surface area contributed by atoms with Crippen LogP contribution >= 0.6 is 11.6 Å². The van der Waals surface area contributed by atoms with E-state index in [9.17, 15) is 4.39 Å². The fourth-order valence-corrected chi connectivity index (χ4v) is 3.58. The van der Waals surface area contributed by atoms with Crippen molar-refractivity contribution in [3.05, 3.63) is 70.0 Å². The summed E-state index contributed by atoms with van der Waals surface area (Å²) in [4.78, 5) is 0. The van der Waals surface area contributed by atoms with E-state index in [4.69, 9.17) is 11.6 Å². The number of likely N-dealkylation sites (N-methyl/N-ethyl adjacent to an activating group) is 1. The van der Waals surface area contributed by atoms with Crippen LogP contribution in [0.4, 0.5) is 4.39 Å². The molecule has 1 N–H and O–H groups in total. The Hall–Kier alpha value is -1.38. The summed E-state index contributed by atoms with van der Waals surface area (Å²) in [6.45, 7) is 0. The minimum absolute atomic E-state index is 0.203. The first kappa shape index (κ1) is 14.6. The average Bonchev–Trinajstić information content (AvgIpc) is 2.92. The topological polar surface area (TPSA) is 12.0 Å². The molecule has 0 heterocycles. The quantitative estimate of drug-likeness (QED) is 0.886. The molecule has 0 spiro atoms. The third kappa shape index (κ3) is 2.97. The molecule has 3 heteroatoms. The molecule has 0 saturated carbocycles. The normalized spacial score (nSPS) is 18.5. The average molecular weight is 304 g/mol. The maximum atomic E-state index is 13.3. The molecule has 0 fully saturated rings. The van der Waals surface area contributed by atoms with Crippen LogP contribution in [0.25, 0.3) is 0 Å². The standard InChI is InChI=1S/C18H19ClFN/c1-21-18(11-12-6-9-17(20)16(19)10-12)15-8-7-13-4-2-3-5-14(13)15/h2-6,9-10,15,18,21H,7-8,11H2,1H3. The Morgan fingerprint density at radius 1 is 1.29 bits per heavy atom. The van der Waals surface area contributed by atoms with Gasteiger partial charge in [0, 0.05) is 12.0 Å². The Balaban J connectivity index is 1.81. The van der Waals surface area contributed by atoms with Crippen molar-refractivity contribution in [2.75, 3.05) is 7.05 Å². The molecular weight excluding hydrogens is 285 g/mol. The molecular formula is C18H19ClFN. The van der Waals surface area contributed by atoms with Crippen LogP contribution in [0.15, 0.2) is 42.5 Å². The van der Waals surface area contributed by atoms with E-state index in [1.807, 2.05) is 13.1 Å². The number of fused-ring (bicyclic) bond motifs is 1. The highest BCUT2D eigenvalue weighted by molar-refractivity contribution is 6.30. The predicted molar refractivity (Wildman–Crippen MR) is 85.5 cm³/mol. The van der Waals surface area contributed by atoms with Crippen LogP contribution in [-0.4, -0.2) is 13.1 Å². The van der Waals surface area contributed by atoms with Gasteiger partial charge in [-0.2, -0.15) is 0 Å². The molecule has 2 atom stereocenters. The maximum Gasteiger partial charge on any atom is 0.141 e. The van der Waals surface area contributed by atoms with Gasteiger partial charge in [0.1, 0.15) is 5.82 Å². The number of benzene rings is 2. The zero-order valence-electron chi connectivity index (χ0n) is 12.1. The van der Waals surface area contributed by atoms with E-state index in [0.29, 0.717) is 12.0 Å². The molecule has 0 aliphatic heterocycles. The van der Waals surface area contributed by atoms with Crippen LogP contribution in [0.1, 0.15) is 29.0 Å². The molecule has 0 amide bonds. The van der Waals surface area contributed by atoms with Crippen LogP contribution in [0.3, 0.4) is 0 Å². The van der Waals surface area contributed by atoms with E-state index >= 15 is 0 Å². The third-order valence-corrected chi connectivity index (χ3v) is 4.77. The molecule has 2 aromatic carbocycles. The summed E-state index contributed by atoms with van der Waals surface area (Å²) in [6, 6.07) is 14.0. The Morgan fingerprint density at radius 3 is 2.86 bits per heavy atom. The van der Waals surface area contributed by atoms with Gasteiger partial charge in [0.15, 0.2) is 0 Å². The van der Waals surface area contributed by atoms with Crippen molar-refractivity contribution >= 4 is 11.6 Å². The largest absolute Gasteiger partial charge is 0.316 e. The molecule has 21 heavy (non-hydrogen) atoms. The summed E-state index contributed by atoms with van der Waals surface area (Å²) in [5.41, 5.74) is 3.98. The van der Waals surface area contributed by atoms with Gasteiger partial charge in [-0.1, -0.05) is 41.9 Å². The lowest BCUT2D eigenvalue weighted by Crippen LogP contribution is -2.33. The lowest BCUT2D eigenvalue weighted by molar-refractivity contribution is 0.456. The highest BCUT2D eigenvalue weighted by atomic mass is 35.5. The van der Waals surface area contributed by atoms with E-state index in [0.717, 1.165) is 18.4 Å². The van der Waals surface area contributed by atoms with Crippen LogP contribution in [-0.2, 0) is 12.8 Å². The van der Waals surface area contributed by atoms with Gasteiger partial charge in [0.05, 0.1) is 5.02 Å². The third-order valence-electron chi connectivity index (χ3n) is 4.48. The second-order valence-electron chi connectivity index (χ2n) is 5.69. The first-order valence-electron chi connectivity index (χ1n) is 7.38. The van der Waals surface area contributed by atoms with Gasteiger partial charge in [-0.15, -0.1) is 0 Å². The van der Waals surface area contributed by atoms with Crippen molar-refractivity contribution in [2.45, 2.75) is 31.2 Å². The van der Waals surface area contributed by atoms with Gasteiger partial charge in [0.2, 0.25) is 0 Å². The fraction of sp³-hybridized carbons (Fsp3) is 0.333. The molecule has 0 bridgehead atoms.